The number of benzene rings is 4. The number of hydrogen-bond acceptors (Lipinski definition) is 6. The third-order valence-electron chi connectivity index (χ3n) is 9.63. The van der Waals surface area contributed by atoms with E-state index in [2.05, 4.69) is 5.32 Å². The second-order valence-corrected chi connectivity index (χ2v) is 13.6. The van der Waals surface area contributed by atoms with Gasteiger partial charge in [-0.15, -0.1) is 0 Å². The summed E-state index contributed by atoms with van der Waals surface area (Å²) in [4.78, 5) is 49.8. The van der Waals surface area contributed by atoms with Gasteiger partial charge in [-0.05, 0) is 29.2 Å². The molecule has 15 heteroatoms. The Bertz CT molecular complexity index is 1970. The highest BCUT2D eigenvalue weighted by Gasteiger charge is 2.59. The average molecular weight is 770 g/mol. The van der Waals surface area contributed by atoms with Crippen molar-refractivity contribution >= 4 is 17.9 Å². The first-order chi connectivity index (χ1) is 25.9. The predicted molar refractivity (Wildman–Crippen MR) is 188 cm³/mol. The van der Waals surface area contributed by atoms with Crippen LogP contribution >= 0.6 is 0 Å². The highest BCUT2D eigenvalue weighted by atomic mass is 19.4. The van der Waals surface area contributed by atoms with Crippen LogP contribution in [-0.4, -0.2) is 46.9 Å². The molecule has 0 aromatic heterocycles. The Labute approximate surface area is 312 Å². The molecule has 4 aromatic carbocycles. The van der Waals surface area contributed by atoms with Crippen LogP contribution in [0.3, 0.4) is 0 Å². The summed E-state index contributed by atoms with van der Waals surface area (Å²) in [6.45, 7) is 2.98. The molecule has 2 aliphatic rings. The van der Waals surface area contributed by atoms with Crippen molar-refractivity contribution in [2.45, 2.75) is 62.5 Å². The zero-order valence-corrected chi connectivity index (χ0v) is 29.6. The van der Waals surface area contributed by atoms with Gasteiger partial charge in [0, 0.05) is 41.4 Å². The van der Waals surface area contributed by atoms with Crippen LogP contribution in [0.1, 0.15) is 71.9 Å². The summed E-state index contributed by atoms with van der Waals surface area (Å²) in [6, 6.07) is 26.8. The fourth-order valence-corrected chi connectivity index (χ4v) is 7.37. The van der Waals surface area contributed by atoms with Gasteiger partial charge >= 0.3 is 18.4 Å². The Balaban J connectivity index is 0.000000301. The lowest BCUT2D eigenvalue weighted by Crippen LogP contribution is -2.50. The van der Waals surface area contributed by atoms with Crippen molar-refractivity contribution in [2.75, 3.05) is 13.1 Å². The number of nitro groups is 1. The number of hydrogen-bond donors (Lipinski definition) is 1. The van der Waals surface area contributed by atoms with Crippen molar-refractivity contribution in [3.8, 4) is 0 Å². The highest BCUT2D eigenvalue weighted by molar-refractivity contribution is 5.95. The molecule has 4 aromatic rings. The molecule has 3 amide bonds. The topological polar surface area (TPSA) is 119 Å². The number of halogens is 6. The van der Waals surface area contributed by atoms with Crippen LogP contribution in [-0.2, 0) is 32.3 Å². The van der Waals surface area contributed by atoms with Gasteiger partial charge in [-0.3, -0.25) is 19.7 Å². The predicted octanol–water partition coefficient (Wildman–Crippen LogP) is 8.71. The van der Waals surface area contributed by atoms with Crippen LogP contribution in [0.2, 0.25) is 0 Å². The molecule has 0 radical (unpaired) electrons. The molecule has 6 rings (SSSR count). The van der Waals surface area contributed by atoms with E-state index >= 15 is 0 Å². The lowest BCUT2D eigenvalue weighted by molar-refractivity contribution is -0.483. The third-order valence-corrected chi connectivity index (χ3v) is 9.63. The minimum absolute atomic E-state index is 0.132. The Hall–Kier alpha value is -5.73. The number of carbonyl (C=O) groups excluding carboxylic acids is 3. The number of alkyl halides is 6. The van der Waals surface area contributed by atoms with E-state index in [1.54, 1.807) is 80.6 Å². The monoisotopic (exact) mass is 769 g/mol. The molecular formula is C40H37F6N3O6. The first kappa shape index (κ1) is 40.5. The fraction of sp³-hybridized carbons (Fsp3) is 0.325. The molecule has 2 fully saturated rings. The van der Waals surface area contributed by atoms with Crippen molar-refractivity contribution < 1.29 is 50.4 Å². The lowest BCUT2D eigenvalue weighted by atomic mass is 9.75. The van der Waals surface area contributed by atoms with Crippen molar-refractivity contribution in [1.82, 2.24) is 10.2 Å². The largest absolute Gasteiger partial charge is 0.430 e. The Morgan fingerprint density at radius 1 is 0.836 bits per heavy atom. The van der Waals surface area contributed by atoms with Crippen LogP contribution < -0.4 is 5.32 Å². The van der Waals surface area contributed by atoms with Gasteiger partial charge in [0.2, 0.25) is 18.4 Å². The maximum Gasteiger partial charge on any atom is 0.418 e. The van der Waals surface area contributed by atoms with Crippen LogP contribution in [0.25, 0.3) is 0 Å². The molecular weight excluding hydrogens is 732 g/mol. The molecule has 0 bridgehead atoms. The van der Waals surface area contributed by atoms with E-state index in [-0.39, 0.29) is 41.8 Å². The summed E-state index contributed by atoms with van der Waals surface area (Å²) >= 11 is 0. The zero-order chi connectivity index (χ0) is 40.1. The molecule has 2 aliphatic heterocycles. The number of nitrogens with zero attached hydrogens (tertiary/aromatic N) is 2. The van der Waals surface area contributed by atoms with Crippen molar-refractivity contribution in [3.05, 3.63) is 153 Å². The summed E-state index contributed by atoms with van der Waals surface area (Å²) in [5.74, 6) is -3.19. The van der Waals surface area contributed by atoms with E-state index in [0.717, 1.165) is 23.1 Å². The standard InChI is InChI=1S/C29H27F3N2O5.C11H10F3NO/c1-19(2)26-28(21-11-5-3-6-12-21,22-13-7-4-8-14-22)39-27(36)34(26)25(35)17-20(18-33(37)38)23-15-9-10-16-24(23)29(30,31)32;12-11(13,14)9-4-2-1-3-8(9)7-5-10(16)15-6-7/h3-16,19-20,26H,17-18H2,1-2H3;1-4,7H,5-6H2,(H,15,16)/t20-,26+;7-/m11/s1. The summed E-state index contributed by atoms with van der Waals surface area (Å²) in [5, 5.41) is 14.0. The van der Waals surface area contributed by atoms with E-state index in [4.69, 9.17) is 4.74 Å². The van der Waals surface area contributed by atoms with E-state index in [1.165, 1.54) is 24.3 Å². The van der Waals surface area contributed by atoms with Crippen molar-refractivity contribution in [3.63, 3.8) is 0 Å². The maximum absolute atomic E-state index is 13.8. The normalized spacial score (nSPS) is 18.6. The van der Waals surface area contributed by atoms with Crippen molar-refractivity contribution in [2.24, 2.45) is 5.92 Å². The second-order valence-electron chi connectivity index (χ2n) is 13.6. The van der Waals surface area contributed by atoms with E-state index in [0.29, 0.717) is 11.1 Å². The first-order valence-corrected chi connectivity index (χ1v) is 17.3. The number of amides is 3. The van der Waals surface area contributed by atoms with E-state index < -0.39 is 70.9 Å². The van der Waals surface area contributed by atoms with E-state index in [1.807, 2.05) is 0 Å². The summed E-state index contributed by atoms with van der Waals surface area (Å²) in [6.07, 6.45) is -10.7. The Kier molecular flexibility index (Phi) is 12.0. The molecule has 0 spiro atoms. The molecule has 3 atom stereocenters. The molecule has 0 aliphatic carbocycles. The van der Waals surface area contributed by atoms with Gasteiger partial charge in [-0.25, -0.2) is 9.69 Å². The van der Waals surface area contributed by atoms with Gasteiger partial charge in [-0.1, -0.05) is 111 Å². The summed E-state index contributed by atoms with van der Waals surface area (Å²) in [5.41, 5.74) is -2.04. The molecule has 290 valence electrons. The molecule has 55 heavy (non-hydrogen) atoms. The zero-order valence-electron chi connectivity index (χ0n) is 29.6. The smallest absolute Gasteiger partial charge is 0.418 e. The number of nitrogens with one attached hydrogen (secondary N) is 1. The molecule has 0 saturated carbocycles. The summed E-state index contributed by atoms with van der Waals surface area (Å²) in [7, 11) is 0. The fourth-order valence-electron chi connectivity index (χ4n) is 7.37. The number of imide groups is 1. The van der Waals surface area contributed by atoms with Crippen LogP contribution in [0.4, 0.5) is 31.1 Å². The number of ether oxygens (including phenoxy) is 1. The molecule has 1 N–H and O–H groups in total. The molecule has 2 heterocycles. The van der Waals surface area contributed by atoms with Gasteiger partial charge in [0.1, 0.15) is 0 Å². The maximum atomic E-state index is 13.8. The van der Waals surface area contributed by atoms with E-state index in [9.17, 15) is 50.8 Å². The minimum Gasteiger partial charge on any atom is -0.430 e. The Morgan fingerprint density at radius 2 is 1.35 bits per heavy atom. The highest BCUT2D eigenvalue weighted by Crippen LogP contribution is 2.48. The van der Waals surface area contributed by atoms with Gasteiger partial charge < -0.3 is 10.1 Å². The third kappa shape index (κ3) is 8.82. The van der Waals surface area contributed by atoms with Crippen LogP contribution in [0, 0.1) is 16.0 Å². The Morgan fingerprint density at radius 3 is 1.84 bits per heavy atom. The SMILES string of the molecule is CC(C)[C@@H]1N(C(=O)C[C@H](C[N+](=O)[O-])c2ccccc2C(F)(F)F)C(=O)OC1(c1ccccc1)c1ccccc1.O=C1C[C@@H](c2ccccc2C(F)(F)F)CN1. The van der Waals surface area contributed by atoms with Gasteiger partial charge in [0.05, 0.1) is 23.1 Å². The number of rotatable bonds is 9. The van der Waals surface area contributed by atoms with Crippen LogP contribution in [0.15, 0.2) is 109 Å². The van der Waals surface area contributed by atoms with Crippen LogP contribution in [0.5, 0.6) is 0 Å². The first-order valence-electron chi connectivity index (χ1n) is 17.3. The van der Waals surface area contributed by atoms with Gasteiger partial charge in [0.15, 0.2) is 5.60 Å². The van der Waals surface area contributed by atoms with Crippen molar-refractivity contribution in [1.29, 1.82) is 0 Å². The number of cyclic esters (lactones) is 1. The number of carbonyl (C=O) groups is 3. The quantitative estimate of drug-likeness (QED) is 0.103. The molecule has 9 nitrogen and oxygen atoms in total. The van der Waals surface area contributed by atoms with Gasteiger partial charge in [-0.2, -0.15) is 26.3 Å². The average Bonchev–Trinajstić information content (AvgIpc) is 3.72. The second kappa shape index (κ2) is 16.3. The minimum atomic E-state index is -4.78. The molecule has 0 unspecified atom stereocenters. The van der Waals surface area contributed by atoms with Gasteiger partial charge in [0.25, 0.3) is 0 Å². The molecule has 2 saturated heterocycles. The lowest BCUT2D eigenvalue weighted by Gasteiger charge is -2.37. The summed E-state index contributed by atoms with van der Waals surface area (Å²) < 4.78 is 85.4.